The average Bonchev–Trinajstić information content (AvgIpc) is 3.09. The molecule has 1 fully saturated rings. The number of piperazine rings is 1. The number of hydrogen-bond acceptors (Lipinski definition) is 5. The third kappa shape index (κ3) is 4.23. The van der Waals surface area contributed by atoms with E-state index in [1.54, 1.807) is 12.3 Å². The number of fused-ring (bicyclic) bond motifs is 1. The minimum absolute atomic E-state index is 0.0330. The summed E-state index contributed by atoms with van der Waals surface area (Å²) in [7, 11) is -3.22. The van der Waals surface area contributed by atoms with Crippen molar-refractivity contribution >= 4 is 38.2 Å². The number of nitrogens with zero attached hydrogens (tertiary/aromatic N) is 5. The molecule has 0 saturated carbocycles. The van der Waals surface area contributed by atoms with Crippen LogP contribution in [0.2, 0.25) is 5.15 Å². The number of rotatable bonds is 3. The fourth-order valence-electron chi connectivity index (χ4n) is 3.37. The second kappa shape index (κ2) is 7.40. The number of halogens is 4. The van der Waals surface area contributed by atoms with Gasteiger partial charge in [-0.2, -0.15) is 22.6 Å². The molecule has 1 saturated heterocycles. The van der Waals surface area contributed by atoms with E-state index in [1.165, 1.54) is 15.2 Å². The van der Waals surface area contributed by atoms with E-state index in [1.807, 2.05) is 12.1 Å². The molecular formula is C18H17ClF3N5O2S. The largest absolute Gasteiger partial charge is 0.416 e. The van der Waals surface area contributed by atoms with E-state index in [9.17, 15) is 21.6 Å². The van der Waals surface area contributed by atoms with Gasteiger partial charge in [-0.1, -0.05) is 11.6 Å². The first-order valence-electron chi connectivity index (χ1n) is 8.95. The third-order valence-electron chi connectivity index (χ3n) is 4.90. The van der Waals surface area contributed by atoms with Crippen molar-refractivity contribution in [2.24, 2.45) is 0 Å². The van der Waals surface area contributed by atoms with Crippen LogP contribution >= 0.6 is 11.6 Å². The highest BCUT2D eigenvalue weighted by Crippen LogP contribution is 2.32. The molecule has 0 spiro atoms. The maximum Gasteiger partial charge on any atom is 0.416 e. The SMILES string of the molecule is CS(=O)(=O)N1CCN(c2ccc3nn(-c4cc(C(F)(F)F)cc(Cl)n4)cc3c2)CC1. The summed E-state index contributed by atoms with van der Waals surface area (Å²) < 4.78 is 65.2. The van der Waals surface area contributed by atoms with Crippen LogP contribution in [0.4, 0.5) is 18.9 Å². The van der Waals surface area contributed by atoms with Crippen LogP contribution < -0.4 is 4.90 Å². The maximum absolute atomic E-state index is 13.1. The average molecular weight is 460 g/mol. The number of sulfonamides is 1. The Morgan fingerprint density at radius 3 is 2.40 bits per heavy atom. The van der Waals surface area contributed by atoms with E-state index in [4.69, 9.17) is 11.6 Å². The highest BCUT2D eigenvalue weighted by molar-refractivity contribution is 7.88. The summed E-state index contributed by atoms with van der Waals surface area (Å²) >= 11 is 5.77. The minimum Gasteiger partial charge on any atom is -0.369 e. The number of anilines is 1. The fourth-order valence-corrected chi connectivity index (χ4v) is 4.40. The summed E-state index contributed by atoms with van der Waals surface area (Å²) in [5.41, 5.74) is 0.565. The molecule has 0 atom stereocenters. The van der Waals surface area contributed by atoms with Crippen molar-refractivity contribution in [1.29, 1.82) is 0 Å². The standard InChI is InChI=1S/C18H17ClF3N5O2S/c1-30(28,29)26-6-4-25(5-7-26)14-2-3-15-12(8-14)11-27(24-15)17-10-13(18(20,21)22)9-16(19)23-17/h2-3,8-11H,4-7H2,1H3. The van der Waals surface area contributed by atoms with E-state index in [0.717, 1.165) is 17.8 Å². The quantitative estimate of drug-likeness (QED) is 0.563. The van der Waals surface area contributed by atoms with Crippen molar-refractivity contribution in [1.82, 2.24) is 19.1 Å². The fraction of sp³-hybridized carbons (Fsp3) is 0.333. The highest BCUT2D eigenvalue weighted by Gasteiger charge is 2.32. The molecule has 0 N–H and O–H groups in total. The monoisotopic (exact) mass is 459 g/mol. The molecule has 12 heteroatoms. The summed E-state index contributed by atoms with van der Waals surface area (Å²) in [4.78, 5) is 6.00. The second-order valence-corrected chi connectivity index (χ2v) is 9.37. The molecule has 1 aliphatic rings. The van der Waals surface area contributed by atoms with Crippen molar-refractivity contribution < 1.29 is 21.6 Å². The van der Waals surface area contributed by atoms with Gasteiger partial charge in [-0.3, -0.25) is 0 Å². The van der Waals surface area contributed by atoms with Gasteiger partial charge in [0.15, 0.2) is 5.82 Å². The number of pyridine rings is 1. The summed E-state index contributed by atoms with van der Waals surface area (Å²) in [6, 6.07) is 7.14. The van der Waals surface area contributed by atoms with Gasteiger partial charge in [-0.15, -0.1) is 0 Å². The van der Waals surface area contributed by atoms with Crippen molar-refractivity contribution in [3.63, 3.8) is 0 Å². The molecule has 30 heavy (non-hydrogen) atoms. The first kappa shape index (κ1) is 20.9. The van der Waals surface area contributed by atoms with Gasteiger partial charge >= 0.3 is 6.18 Å². The molecule has 3 heterocycles. The van der Waals surface area contributed by atoms with Gasteiger partial charge in [-0.05, 0) is 30.3 Å². The molecule has 0 unspecified atom stereocenters. The first-order chi connectivity index (χ1) is 14.0. The van der Waals surface area contributed by atoms with Crippen LogP contribution in [-0.2, 0) is 16.2 Å². The summed E-state index contributed by atoms with van der Waals surface area (Å²) in [5.74, 6) is -0.0330. The Hall–Kier alpha value is -2.37. The Balaban J connectivity index is 1.62. The molecule has 1 aliphatic heterocycles. The Kier molecular flexibility index (Phi) is 5.15. The second-order valence-electron chi connectivity index (χ2n) is 7.00. The van der Waals surface area contributed by atoms with E-state index in [0.29, 0.717) is 37.1 Å². The van der Waals surface area contributed by atoms with Crippen LogP contribution in [0, 0.1) is 0 Å². The zero-order valence-electron chi connectivity index (χ0n) is 15.8. The van der Waals surface area contributed by atoms with Gasteiger partial charge in [0, 0.05) is 43.4 Å². The van der Waals surface area contributed by atoms with E-state index in [-0.39, 0.29) is 11.0 Å². The Labute approximate surface area is 175 Å². The molecule has 0 aliphatic carbocycles. The van der Waals surface area contributed by atoms with E-state index < -0.39 is 21.8 Å². The molecule has 3 aromatic rings. The van der Waals surface area contributed by atoms with Crippen LogP contribution in [0.15, 0.2) is 36.5 Å². The molecule has 2 aromatic heterocycles. The van der Waals surface area contributed by atoms with Gasteiger partial charge in [0.25, 0.3) is 0 Å². The first-order valence-corrected chi connectivity index (χ1v) is 11.2. The molecular weight excluding hydrogens is 443 g/mol. The topological polar surface area (TPSA) is 71.3 Å². The molecule has 0 bridgehead atoms. The number of aromatic nitrogens is 3. The molecule has 0 amide bonds. The Morgan fingerprint density at radius 1 is 1.07 bits per heavy atom. The van der Waals surface area contributed by atoms with Crippen LogP contribution in [0.1, 0.15) is 5.56 Å². The number of alkyl halides is 3. The summed E-state index contributed by atoms with van der Waals surface area (Å²) in [6.45, 7) is 1.86. The minimum atomic E-state index is -4.55. The molecule has 4 rings (SSSR count). The van der Waals surface area contributed by atoms with Crippen LogP contribution in [0.25, 0.3) is 16.7 Å². The lowest BCUT2D eigenvalue weighted by atomic mass is 10.2. The Morgan fingerprint density at radius 2 is 1.77 bits per heavy atom. The van der Waals surface area contributed by atoms with Gasteiger partial charge in [0.05, 0.1) is 17.3 Å². The van der Waals surface area contributed by atoms with Crippen LogP contribution in [0.5, 0.6) is 0 Å². The lowest BCUT2D eigenvalue weighted by molar-refractivity contribution is -0.137. The summed E-state index contributed by atoms with van der Waals surface area (Å²) in [6.07, 6.45) is -1.77. The lowest BCUT2D eigenvalue weighted by Gasteiger charge is -2.34. The highest BCUT2D eigenvalue weighted by atomic mass is 35.5. The molecule has 160 valence electrons. The van der Waals surface area contributed by atoms with Gasteiger partial charge in [0.1, 0.15) is 5.15 Å². The lowest BCUT2D eigenvalue weighted by Crippen LogP contribution is -2.48. The van der Waals surface area contributed by atoms with Crippen molar-refractivity contribution in [3.05, 3.63) is 47.2 Å². The maximum atomic E-state index is 13.1. The van der Waals surface area contributed by atoms with Crippen molar-refractivity contribution in [2.75, 3.05) is 37.3 Å². The van der Waals surface area contributed by atoms with Gasteiger partial charge in [-0.25, -0.2) is 18.1 Å². The zero-order chi connectivity index (χ0) is 21.7. The van der Waals surface area contributed by atoms with Gasteiger partial charge in [0.2, 0.25) is 10.0 Å². The van der Waals surface area contributed by atoms with Gasteiger partial charge < -0.3 is 4.90 Å². The number of benzene rings is 1. The van der Waals surface area contributed by atoms with Crippen molar-refractivity contribution in [3.8, 4) is 5.82 Å². The smallest absolute Gasteiger partial charge is 0.369 e. The predicted molar refractivity (Wildman–Crippen MR) is 108 cm³/mol. The van der Waals surface area contributed by atoms with E-state index >= 15 is 0 Å². The zero-order valence-corrected chi connectivity index (χ0v) is 17.3. The Bertz CT molecular complexity index is 1200. The number of hydrogen-bond donors (Lipinski definition) is 0. The molecule has 7 nitrogen and oxygen atoms in total. The third-order valence-corrected chi connectivity index (χ3v) is 6.40. The molecule has 0 radical (unpaired) electrons. The van der Waals surface area contributed by atoms with E-state index in [2.05, 4.69) is 15.0 Å². The van der Waals surface area contributed by atoms with Crippen LogP contribution in [-0.4, -0.2) is 59.9 Å². The van der Waals surface area contributed by atoms with Crippen molar-refractivity contribution in [2.45, 2.75) is 6.18 Å². The predicted octanol–water partition coefficient (Wildman–Crippen LogP) is 3.17. The normalized spacial score (nSPS) is 16.4. The summed E-state index contributed by atoms with van der Waals surface area (Å²) in [5, 5.41) is 4.74. The van der Waals surface area contributed by atoms with Crippen LogP contribution in [0.3, 0.4) is 0 Å². The molecule has 1 aromatic carbocycles.